The van der Waals surface area contributed by atoms with Crippen molar-refractivity contribution in [3.8, 4) is 0 Å². The molecule has 1 aromatic carbocycles. The van der Waals surface area contributed by atoms with Gasteiger partial charge < -0.3 is 15.0 Å². The van der Waals surface area contributed by atoms with Crippen LogP contribution in [-0.2, 0) is 9.53 Å². The van der Waals surface area contributed by atoms with Crippen LogP contribution in [0.5, 0.6) is 0 Å². The Hall–Kier alpha value is -2.18. The maximum absolute atomic E-state index is 12.4. The Labute approximate surface area is 151 Å². The lowest BCUT2D eigenvalue weighted by molar-refractivity contribution is -0.139. The molecule has 5 nitrogen and oxygen atoms in total. The predicted octanol–water partition coefficient (Wildman–Crippen LogP) is 2.86. The molecule has 132 valence electrons. The SMILES string of the molecule is O=C(NCCCC(=O)N1CCOC(c2ccccc2)C1)c1ccsc1. The van der Waals surface area contributed by atoms with Gasteiger partial charge in [-0.1, -0.05) is 30.3 Å². The molecule has 1 saturated heterocycles. The molecule has 25 heavy (non-hydrogen) atoms. The Morgan fingerprint density at radius 3 is 2.84 bits per heavy atom. The Balaban J connectivity index is 1.41. The first-order valence-corrected chi connectivity index (χ1v) is 9.43. The van der Waals surface area contributed by atoms with E-state index in [1.807, 2.05) is 46.0 Å². The van der Waals surface area contributed by atoms with Crippen molar-refractivity contribution >= 4 is 23.2 Å². The first-order chi connectivity index (χ1) is 12.2. The number of ether oxygens (including phenoxy) is 1. The van der Waals surface area contributed by atoms with E-state index in [0.717, 1.165) is 5.56 Å². The summed E-state index contributed by atoms with van der Waals surface area (Å²) in [6, 6.07) is 11.8. The minimum Gasteiger partial charge on any atom is -0.370 e. The number of nitrogens with one attached hydrogen (secondary N) is 1. The molecule has 1 aliphatic heterocycles. The fourth-order valence-electron chi connectivity index (χ4n) is 2.84. The van der Waals surface area contributed by atoms with Gasteiger partial charge in [0, 0.05) is 30.5 Å². The second kappa shape index (κ2) is 8.78. The molecule has 0 saturated carbocycles. The topological polar surface area (TPSA) is 58.6 Å². The van der Waals surface area contributed by atoms with Gasteiger partial charge in [-0.3, -0.25) is 9.59 Å². The third-order valence-corrected chi connectivity index (χ3v) is 4.91. The molecule has 1 fully saturated rings. The lowest BCUT2D eigenvalue weighted by atomic mass is 10.1. The summed E-state index contributed by atoms with van der Waals surface area (Å²) < 4.78 is 5.79. The summed E-state index contributed by atoms with van der Waals surface area (Å²) >= 11 is 1.50. The number of morpholine rings is 1. The van der Waals surface area contributed by atoms with Gasteiger partial charge in [-0.05, 0) is 23.4 Å². The number of carbonyl (C=O) groups is 2. The highest BCUT2D eigenvalue weighted by molar-refractivity contribution is 7.08. The number of rotatable bonds is 6. The number of nitrogens with zero attached hydrogens (tertiary/aromatic N) is 1. The van der Waals surface area contributed by atoms with E-state index in [9.17, 15) is 9.59 Å². The van der Waals surface area contributed by atoms with Gasteiger partial charge in [-0.15, -0.1) is 0 Å². The molecule has 1 N–H and O–H groups in total. The van der Waals surface area contributed by atoms with E-state index in [1.165, 1.54) is 11.3 Å². The first-order valence-electron chi connectivity index (χ1n) is 8.49. The van der Waals surface area contributed by atoms with Crippen LogP contribution in [0.4, 0.5) is 0 Å². The average Bonchev–Trinajstić information content (AvgIpc) is 3.20. The molecule has 1 aliphatic rings. The molecule has 0 bridgehead atoms. The third kappa shape index (κ3) is 4.90. The number of thiophene rings is 1. The van der Waals surface area contributed by atoms with Gasteiger partial charge in [0.1, 0.15) is 6.10 Å². The van der Waals surface area contributed by atoms with Crippen molar-refractivity contribution in [2.45, 2.75) is 18.9 Å². The van der Waals surface area contributed by atoms with E-state index in [0.29, 0.717) is 44.6 Å². The molecule has 0 aliphatic carbocycles. The molecular formula is C19H22N2O3S. The van der Waals surface area contributed by atoms with E-state index in [-0.39, 0.29) is 17.9 Å². The minimum atomic E-state index is -0.0794. The zero-order valence-electron chi connectivity index (χ0n) is 14.0. The lowest BCUT2D eigenvalue weighted by Crippen LogP contribution is -2.42. The van der Waals surface area contributed by atoms with Gasteiger partial charge in [0.2, 0.25) is 5.91 Å². The smallest absolute Gasteiger partial charge is 0.252 e. The molecule has 0 spiro atoms. The summed E-state index contributed by atoms with van der Waals surface area (Å²) in [6.45, 7) is 2.28. The van der Waals surface area contributed by atoms with Crippen molar-refractivity contribution in [1.82, 2.24) is 10.2 Å². The fourth-order valence-corrected chi connectivity index (χ4v) is 3.48. The summed E-state index contributed by atoms with van der Waals surface area (Å²) in [5.41, 5.74) is 1.78. The molecule has 0 radical (unpaired) electrons. The predicted molar refractivity (Wildman–Crippen MR) is 97.6 cm³/mol. The highest BCUT2D eigenvalue weighted by Crippen LogP contribution is 2.22. The molecule has 2 heterocycles. The maximum Gasteiger partial charge on any atom is 0.252 e. The number of amides is 2. The first kappa shape index (κ1) is 17.6. The molecular weight excluding hydrogens is 336 g/mol. The molecule has 2 aromatic rings. The van der Waals surface area contributed by atoms with Crippen molar-refractivity contribution in [2.75, 3.05) is 26.2 Å². The van der Waals surface area contributed by atoms with Crippen LogP contribution in [-0.4, -0.2) is 43.0 Å². The maximum atomic E-state index is 12.4. The summed E-state index contributed by atoms with van der Waals surface area (Å²) in [6.07, 6.45) is 1.02. The summed E-state index contributed by atoms with van der Waals surface area (Å²) in [4.78, 5) is 26.1. The number of hydrogen-bond acceptors (Lipinski definition) is 4. The van der Waals surface area contributed by atoms with Crippen LogP contribution in [0.3, 0.4) is 0 Å². The fraction of sp³-hybridized carbons (Fsp3) is 0.368. The van der Waals surface area contributed by atoms with Crippen molar-refractivity contribution < 1.29 is 14.3 Å². The average molecular weight is 358 g/mol. The molecule has 1 aromatic heterocycles. The summed E-state index contributed by atoms with van der Waals surface area (Å²) in [7, 11) is 0. The van der Waals surface area contributed by atoms with Crippen LogP contribution >= 0.6 is 11.3 Å². The normalized spacial score (nSPS) is 17.3. The van der Waals surface area contributed by atoms with Crippen LogP contribution in [0.2, 0.25) is 0 Å². The van der Waals surface area contributed by atoms with Gasteiger partial charge in [0.25, 0.3) is 5.91 Å². The van der Waals surface area contributed by atoms with E-state index >= 15 is 0 Å². The number of carbonyl (C=O) groups excluding carboxylic acids is 2. The van der Waals surface area contributed by atoms with Gasteiger partial charge in [0.05, 0.1) is 13.2 Å². The van der Waals surface area contributed by atoms with E-state index < -0.39 is 0 Å². The van der Waals surface area contributed by atoms with Crippen LogP contribution in [0.15, 0.2) is 47.2 Å². The van der Waals surface area contributed by atoms with Crippen LogP contribution in [0.1, 0.15) is 34.9 Å². The molecule has 1 atom stereocenters. The van der Waals surface area contributed by atoms with Crippen molar-refractivity contribution in [2.24, 2.45) is 0 Å². The third-order valence-electron chi connectivity index (χ3n) is 4.23. The zero-order valence-corrected chi connectivity index (χ0v) is 14.8. The Morgan fingerprint density at radius 2 is 2.08 bits per heavy atom. The Morgan fingerprint density at radius 1 is 1.24 bits per heavy atom. The van der Waals surface area contributed by atoms with E-state index in [4.69, 9.17) is 4.74 Å². The zero-order chi connectivity index (χ0) is 17.5. The molecule has 3 rings (SSSR count). The number of hydrogen-bond donors (Lipinski definition) is 1. The van der Waals surface area contributed by atoms with Crippen molar-refractivity contribution in [3.63, 3.8) is 0 Å². The quantitative estimate of drug-likeness (QED) is 0.808. The molecule has 6 heteroatoms. The van der Waals surface area contributed by atoms with Crippen LogP contribution < -0.4 is 5.32 Å². The lowest BCUT2D eigenvalue weighted by Gasteiger charge is -2.33. The Kier molecular flexibility index (Phi) is 6.19. The van der Waals surface area contributed by atoms with E-state index in [2.05, 4.69) is 5.32 Å². The Bertz CT molecular complexity index is 688. The van der Waals surface area contributed by atoms with Crippen LogP contribution in [0, 0.1) is 0 Å². The van der Waals surface area contributed by atoms with Crippen molar-refractivity contribution in [1.29, 1.82) is 0 Å². The summed E-state index contributed by atoms with van der Waals surface area (Å²) in [5.74, 6) is 0.0400. The van der Waals surface area contributed by atoms with Crippen LogP contribution in [0.25, 0.3) is 0 Å². The standard InChI is InChI=1S/C19H22N2O3S/c22-18(7-4-9-20-19(23)16-8-12-25-14-16)21-10-11-24-17(13-21)15-5-2-1-3-6-15/h1-3,5-6,8,12,14,17H,4,7,9-11,13H2,(H,20,23). The van der Waals surface area contributed by atoms with Gasteiger partial charge in [0.15, 0.2) is 0 Å². The minimum absolute atomic E-state index is 0.0582. The second-order valence-corrected chi connectivity index (χ2v) is 6.76. The molecule has 1 unspecified atom stereocenters. The number of benzene rings is 1. The molecule has 2 amide bonds. The second-order valence-electron chi connectivity index (χ2n) is 5.98. The van der Waals surface area contributed by atoms with Gasteiger partial charge in [-0.25, -0.2) is 0 Å². The highest BCUT2D eigenvalue weighted by Gasteiger charge is 2.24. The monoisotopic (exact) mass is 358 g/mol. The highest BCUT2D eigenvalue weighted by atomic mass is 32.1. The van der Waals surface area contributed by atoms with Crippen molar-refractivity contribution in [3.05, 3.63) is 58.3 Å². The van der Waals surface area contributed by atoms with E-state index in [1.54, 1.807) is 6.07 Å². The summed E-state index contributed by atoms with van der Waals surface area (Å²) in [5, 5.41) is 6.54. The largest absolute Gasteiger partial charge is 0.370 e. The van der Waals surface area contributed by atoms with Gasteiger partial charge in [-0.2, -0.15) is 11.3 Å². The van der Waals surface area contributed by atoms with Gasteiger partial charge >= 0.3 is 0 Å².